The van der Waals surface area contributed by atoms with E-state index in [9.17, 15) is 4.79 Å². The van der Waals surface area contributed by atoms with E-state index in [-0.39, 0.29) is 5.56 Å². The van der Waals surface area contributed by atoms with Crippen molar-refractivity contribution in [2.24, 2.45) is 0 Å². The summed E-state index contributed by atoms with van der Waals surface area (Å²) >= 11 is 3.43. The van der Waals surface area contributed by atoms with Gasteiger partial charge in [-0.25, -0.2) is 4.79 Å². The molecule has 6 heteroatoms. The average molecular weight is 294 g/mol. The molecule has 0 spiro atoms. The van der Waals surface area contributed by atoms with Gasteiger partial charge in [0.25, 0.3) is 0 Å². The number of rotatable bonds is 1. The molecule has 0 atom stereocenters. The molecule has 1 aliphatic rings. The van der Waals surface area contributed by atoms with E-state index < -0.39 is 5.97 Å². The smallest absolute Gasteiger partial charge is 0.337 e. The highest BCUT2D eigenvalue weighted by molar-refractivity contribution is 9.10. The predicted octanol–water partition coefficient (Wildman–Crippen LogP) is 1.96. The molecule has 0 amide bonds. The van der Waals surface area contributed by atoms with Gasteiger partial charge in [0.1, 0.15) is 5.69 Å². The largest absolute Gasteiger partial charge is 0.478 e. The molecule has 17 heavy (non-hydrogen) atoms. The zero-order valence-corrected chi connectivity index (χ0v) is 10.3. The van der Waals surface area contributed by atoms with Crippen LogP contribution in [-0.4, -0.2) is 25.8 Å². The fourth-order valence-corrected chi connectivity index (χ4v) is 2.51. The molecule has 0 bridgehead atoms. The minimum Gasteiger partial charge on any atom is -0.478 e. The summed E-state index contributed by atoms with van der Waals surface area (Å²) in [6.07, 6.45) is 3.87. The molecule has 0 saturated carbocycles. The lowest BCUT2D eigenvalue weighted by Gasteiger charge is -2.17. The van der Waals surface area contributed by atoms with Gasteiger partial charge in [-0.1, -0.05) is 0 Å². The molecule has 2 aromatic rings. The highest BCUT2D eigenvalue weighted by Gasteiger charge is 2.22. The Balaban J connectivity index is 2.20. The maximum atomic E-state index is 10.9. The van der Waals surface area contributed by atoms with E-state index in [1.165, 1.54) is 6.20 Å². The van der Waals surface area contributed by atoms with Crippen LogP contribution in [0.5, 0.6) is 0 Å². The highest BCUT2D eigenvalue weighted by Crippen LogP contribution is 2.33. The third kappa shape index (κ3) is 1.56. The summed E-state index contributed by atoms with van der Waals surface area (Å²) in [4.78, 5) is 15.1. The molecule has 0 aromatic carbocycles. The normalized spacial score (nSPS) is 13.0. The summed E-state index contributed by atoms with van der Waals surface area (Å²) in [7, 11) is 0. The Labute approximate surface area is 105 Å². The number of carboxylic acid groups (broad SMARTS) is 1. The number of pyridine rings is 1. The Hall–Kier alpha value is -1.69. The topological polar surface area (TPSA) is 68.0 Å². The van der Waals surface area contributed by atoms with Crippen LogP contribution in [0.15, 0.2) is 22.9 Å². The van der Waals surface area contributed by atoms with Crippen LogP contribution in [0.4, 0.5) is 0 Å². The van der Waals surface area contributed by atoms with Crippen LogP contribution in [0.25, 0.3) is 11.4 Å². The first-order valence-electron chi connectivity index (χ1n) is 5.10. The summed E-state index contributed by atoms with van der Waals surface area (Å²) < 4.78 is 2.76. The highest BCUT2D eigenvalue weighted by atomic mass is 79.9. The van der Waals surface area contributed by atoms with E-state index in [0.717, 1.165) is 34.4 Å². The van der Waals surface area contributed by atoms with Gasteiger partial charge in [0.2, 0.25) is 0 Å². The quantitative estimate of drug-likeness (QED) is 0.873. The Morgan fingerprint density at radius 1 is 1.47 bits per heavy atom. The van der Waals surface area contributed by atoms with Crippen molar-refractivity contribution in [3.8, 4) is 11.4 Å². The summed E-state index contributed by atoms with van der Waals surface area (Å²) in [5, 5.41) is 13.2. The van der Waals surface area contributed by atoms with Gasteiger partial charge in [-0.15, -0.1) is 0 Å². The standard InChI is InChI=1S/C11H8BrN3O2/c12-8-5-14-15-2-1-6-3-7(11(16)17)4-13-9(6)10(8)15/h3-5H,1-2H2,(H,16,17). The molecule has 2 aromatic heterocycles. The molecule has 0 unspecified atom stereocenters. The maximum absolute atomic E-state index is 10.9. The molecular weight excluding hydrogens is 286 g/mol. The van der Waals surface area contributed by atoms with E-state index in [1.807, 2.05) is 4.68 Å². The van der Waals surface area contributed by atoms with Crippen LogP contribution >= 0.6 is 15.9 Å². The molecule has 86 valence electrons. The lowest BCUT2D eigenvalue weighted by molar-refractivity contribution is 0.0696. The number of carboxylic acids is 1. The van der Waals surface area contributed by atoms with Crippen LogP contribution < -0.4 is 0 Å². The SMILES string of the molecule is O=C(O)c1cnc2c(c1)CCn1ncc(Br)c1-2. The number of nitrogens with zero attached hydrogens (tertiary/aromatic N) is 3. The third-order valence-corrected chi connectivity index (χ3v) is 3.41. The van der Waals surface area contributed by atoms with Crippen LogP contribution in [0, 0.1) is 0 Å². The van der Waals surface area contributed by atoms with Crippen molar-refractivity contribution in [3.63, 3.8) is 0 Å². The van der Waals surface area contributed by atoms with Crippen LogP contribution in [0.2, 0.25) is 0 Å². The number of aromatic carboxylic acids is 1. The van der Waals surface area contributed by atoms with E-state index in [1.54, 1.807) is 12.3 Å². The molecule has 0 aliphatic carbocycles. The molecule has 0 radical (unpaired) electrons. The number of hydrogen-bond donors (Lipinski definition) is 1. The van der Waals surface area contributed by atoms with E-state index in [2.05, 4.69) is 26.0 Å². The van der Waals surface area contributed by atoms with Gasteiger partial charge >= 0.3 is 5.97 Å². The van der Waals surface area contributed by atoms with Gasteiger partial charge in [0, 0.05) is 12.7 Å². The van der Waals surface area contributed by atoms with Crippen molar-refractivity contribution >= 4 is 21.9 Å². The van der Waals surface area contributed by atoms with Crippen molar-refractivity contribution in [3.05, 3.63) is 34.1 Å². The molecular formula is C11H8BrN3O2. The number of carbonyl (C=O) groups is 1. The third-order valence-electron chi connectivity index (χ3n) is 2.83. The zero-order chi connectivity index (χ0) is 12.0. The molecule has 1 N–H and O–H groups in total. The van der Waals surface area contributed by atoms with Crippen molar-refractivity contribution in [2.75, 3.05) is 0 Å². The first-order chi connectivity index (χ1) is 8.16. The Morgan fingerprint density at radius 2 is 2.29 bits per heavy atom. The molecule has 0 fully saturated rings. The number of aryl methyl sites for hydroxylation is 2. The van der Waals surface area contributed by atoms with E-state index in [4.69, 9.17) is 5.11 Å². The second-order valence-electron chi connectivity index (χ2n) is 3.85. The summed E-state index contributed by atoms with van der Waals surface area (Å²) in [6, 6.07) is 1.69. The van der Waals surface area contributed by atoms with Gasteiger partial charge in [-0.05, 0) is 34.0 Å². The van der Waals surface area contributed by atoms with Crippen LogP contribution in [0.1, 0.15) is 15.9 Å². The lowest BCUT2D eigenvalue weighted by Crippen LogP contribution is -2.14. The van der Waals surface area contributed by atoms with Crippen LogP contribution in [0.3, 0.4) is 0 Å². The van der Waals surface area contributed by atoms with Crippen molar-refractivity contribution in [1.29, 1.82) is 0 Å². The fraction of sp³-hybridized carbons (Fsp3) is 0.182. The van der Waals surface area contributed by atoms with Gasteiger partial charge in [0.05, 0.1) is 21.9 Å². The van der Waals surface area contributed by atoms with Gasteiger partial charge in [-0.3, -0.25) is 9.67 Å². The first kappa shape index (κ1) is 10.5. The van der Waals surface area contributed by atoms with Crippen LogP contribution in [-0.2, 0) is 13.0 Å². The van der Waals surface area contributed by atoms with E-state index in [0.29, 0.717) is 0 Å². The minimum atomic E-state index is -0.946. The maximum Gasteiger partial charge on any atom is 0.337 e. The van der Waals surface area contributed by atoms with Crippen molar-refractivity contribution in [1.82, 2.24) is 14.8 Å². The monoisotopic (exact) mass is 293 g/mol. The zero-order valence-electron chi connectivity index (χ0n) is 8.72. The van der Waals surface area contributed by atoms with Gasteiger partial charge in [0.15, 0.2) is 0 Å². The summed E-state index contributed by atoms with van der Waals surface area (Å²) in [5.74, 6) is -0.946. The summed E-state index contributed by atoms with van der Waals surface area (Å²) in [5.41, 5.74) is 2.92. The summed E-state index contributed by atoms with van der Waals surface area (Å²) in [6.45, 7) is 0.749. The predicted molar refractivity (Wildman–Crippen MR) is 63.8 cm³/mol. The second kappa shape index (κ2) is 3.66. The minimum absolute atomic E-state index is 0.229. The van der Waals surface area contributed by atoms with E-state index >= 15 is 0 Å². The number of halogens is 1. The second-order valence-corrected chi connectivity index (χ2v) is 4.71. The molecule has 3 rings (SSSR count). The van der Waals surface area contributed by atoms with Gasteiger partial charge in [-0.2, -0.15) is 5.10 Å². The lowest BCUT2D eigenvalue weighted by atomic mass is 10.0. The molecule has 0 saturated heterocycles. The number of fused-ring (bicyclic) bond motifs is 3. The average Bonchev–Trinajstić information content (AvgIpc) is 2.70. The number of hydrogen-bond acceptors (Lipinski definition) is 3. The molecule has 5 nitrogen and oxygen atoms in total. The number of aromatic nitrogens is 3. The fourth-order valence-electron chi connectivity index (χ4n) is 2.02. The van der Waals surface area contributed by atoms with Crippen molar-refractivity contribution in [2.45, 2.75) is 13.0 Å². The molecule has 1 aliphatic heterocycles. The molecule has 3 heterocycles. The Morgan fingerprint density at radius 3 is 3.06 bits per heavy atom. The Kier molecular flexibility index (Phi) is 2.25. The Bertz CT molecular complexity index is 621. The van der Waals surface area contributed by atoms with Crippen molar-refractivity contribution < 1.29 is 9.90 Å². The van der Waals surface area contributed by atoms with Gasteiger partial charge < -0.3 is 5.11 Å². The first-order valence-corrected chi connectivity index (χ1v) is 5.90.